The van der Waals surface area contributed by atoms with Gasteiger partial charge in [-0.3, -0.25) is 4.79 Å². The lowest BCUT2D eigenvalue weighted by Crippen LogP contribution is -2.18. The molecule has 2 fully saturated rings. The normalized spacial score (nSPS) is 18.6. The molecule has 1 N–H and O–H groups in total. The van der Waals surface area contributed by atoms with Crippen molar-refractivity contribution < 1.29 is 14.4 Å². The van der Waals surface area contributed by atoms with Gasteiger partial charge in [0.2, 0.25) is 11.7 Å². The van der Waals surface area contributed by atoms with Crippen LogP contribution in [0.1, 0.15) is 82.4 Å². The van der Waals surface area contributed by atoms with E-state index in [2.05, 4.69) is 20.0 Å². The Morgan fingerprint density at radius 3 is 2.67 bits per heavy atom. The summed E-state index contributed by atoms with van der Waals surface area (Å²) in [7, 11) is 0. The minimum absolute atomic E-state index is 0.0262. The van der Waals surface area contributed by atoms with E-state index in [1.807, 2.05) is 12.1 Å². The first-order valence-corrected chi connectivity index (χ1v) is 11.5. The summed E-state index contributed by atoms with van der Waals surface area (Å²) in [5.41, 5.74) is 0.796. The first-order valence-electron chi connectivity index (χ1n) is 11.5. The van der Waals surface area contributed by atoms with Crippen LogP contribution in [0.15, 0.2) is 22.9 Å². The van der Waals surface area contributed by atoms with Crippen LogP contribution >= 0.6 is 0 Å². The van der Waals surface area contributed by atoms with Gasteiger partial charge in [0.1, 0.15) is 5.82 Å². The van der Waals surface area contributed by atoms with Gasteiger partial charge in [0.15, 0.2) is 0 Å². The highest BCUT2D eigenvalue weighted by Gasteiger charge is 2.24. The highest BCUT2D eigenvalue weighted by molar-refractivity contribution is 5.67. The molecule has 4 rings (SSSR count). The lowest BCUT2D eigenvalue weighted by atomic mass is 9.84. The van der Waals surface area contributed by atoms with Gasteiger partial charge in [-0.2, -0.15) is 4.98 Å². The fourth-order valence-corrected chi connectivity index (χ4v) is 4.82. The number of rotatable bonds is 9. The number of carboxylic acids is 1. The van der Waals surface area contributed by atoms with Crippen LogP contribution in [0.25, 0.3) is 11.4 Å². The first-order chi connectivity index (χ1) is 14.7. The Morgan fingerprint density at radius 2 is 1.97 bits per heavy atom. The third-order valence-corrected chi connectivity index (χ3v) is 6.54. The van der Waals surface area contributed by atoms with E-state index >= 15 is 0 Å². The summed E-state index contributed by atoms with van der Waals surface area (Å²) in [4.78, 5) is 22.7. The fraction of sp³-hybridized carbons (Fsp3) is 0.652. The Morgan fingerprint density at radius 1 is 1.17 bits per heavy atom. The van der Waals surface area contributed by atoms with E-state index < -0.39 is 5.97 Å². The van der Waals surface area contributed by atoms with Crippen LogP contribution < -0.4 is 4.90 Å². The molecule has 0 bridgehead atoms. The smallest absolute Gasteiger partial charge is 0.304 e. The molecule has 1 aliphatic heterocycles. The Hall–Kier alpha value is -2.44. The Bertz CT molecular complexity index is 808. The molecule has 2 aliphatic rings. The minimum Gasteiger partial charge on any atom is -0.481 e. The summed E-state index contributed by atoms with van der Waals surface area (Å²) in [6.07, 6.45) is 13.8. The van der Waals surface area contributed by atoms with Crippen molar-refractivity contribution in [2.45, 2.75) is 76.5 Å². The lowest BCUT2D eigenvalue weighted by molar-refractivity contribution is -0.137. The molecule has 1 aliphatic carbocycles. The maximum absolute atomic E-state index is 11.4. The minimum atomic E-state index is -0.825. The predicted molar refractivity (Wildman–Crippen MR) is 114 cm³/mol. The summed E-state index contributed by atoms with van der Waals surface area (Å²) in [6, 6.07) is 3.96. The van der Waals surface area contributed by atoms with E-state index in [1.54, 1.807) is 6.20 Å². The number of nitrogens with zero attached hydrogens (tertiary/aromatic N) is 4. The summed E-state index contributed by atoms with van der Waals surface area (Å²) in [5.74, 6) is 1.63. The zero-order valence-electron chi connectivity index (χ0n) is 17.6. The maximum atomic E-state index is 11.4. The van der Waals surface area contributed by atoms with Crippen molar-refractivity contribution in [2.24, 2.45) is 5.92 Å². The van der Waals surface area contributed by atoms with Gasteiger partial charge in [0.05, 0.1) is 6.42 Å². The molecule has 7 heteroatoms. The molecule has 1 atom stereocenters. The predicted octanol–water partition coefficient (Wildman–Crippen LogP) is 5.04. The first kappa shape index (κ1) is 20.8. The molecule has 1 unspecified atom stereocenters. The number of hydrogen-bond acceptors (Lipinski definition) is 6. The van der Waals surface area contributed by atoms with Crippen LogP contribution in [0, 0.1) is 5.92 Å². The van der Waals surface area contributed by atoms with Gasteiger partial charge in [-0.05, 0) is 37.3 Å². The molecule has 2 aromatic rings. The Kier molecular flexibility index (Phi) is 6.97. The van der Waals surface area contributed by atoms with E-state index in [-0.39, 0.29) is 12.3 Å². The number of aliphatic carboxylic acids is 1. The average molecular weight is 413 g/mol. The monoisotopic (exact) mass is 412 g/mol. The molecule has 0 aromatic carbocycles. The van der Waals surface area contributed by atoms with Gasteiger partial charge >= 0.3 is 5.97 Å². The molecule has 1 saturated heterocycles. The summed E-state index contributed by atoms with van der Waals surface area (Å²) in [6.45, 7) is 2.10. The summed E-state index contributed by atoms with van der Waals surface area (Å²) >= 11 is 0. The van der Waals surface area contributed by atoms with Crippen LogP contribution in [0.3, 0.4) is 0 Å². The van der Waals surface area contributed by atoms with Crippen molar-refractivity contribution >= 4 is 11.8 Å². The molecule has 162 valence electrons. The molecule has 0 radical (unpaired) electrons. The van der Waals surface area contributed by atoms with Crippen molar-refractivity contribution in [3.8, 4) is 11.4 Å². The van der Waals surface area contributed by atoms with E-state index in [4.69, 9.17) is 4.52 Å². The van der Waals surface area contributed by atoms with Gasteiger partial charge in [-0.25, -0.2) is 4.98 Å². The number of carboxylic acid groups (broad SMARTS) is 1. The van der Waals surface area contributed by atoms with Gasteiger partial charge in [-0.15, -0.1) is 0 Å². The molecular formula is C23H32N4O3. The Labute approximate surface area is 177 Å². The highest BCUT2D eigenvalue weighted by Crippen LogP contribution is 2.32. The van der Waals surface area contributed by atoms with Crippen LogP contribution in [0.4, 0.5) is 5.82 Å². The van der Waals surface area contributed by atoms with E-state index in [9.17, 15) is 9.90 Å². The molecular weight excluding hydrogens is 380 g/mol. The second kappa shape index (κ2) is 10.0. The zero-order valence-corrected chi connectivity index (χ0v) is 17.6. The summed E-state index contributed by atoms with van der Waals surface area (Å²) < 4.78 is 5.49. The third kappa shape index (κ3) is 5.37. The second-order valence-electron chi connectivity index (χ2n) is 8.79. The zero-order chi connectivity index (χ0) is 20.8. The topological polar surface area (TPSA) is 92.3 Å². The number of pyridine rings is 1. The van der Waals surface area contributed by atoms with Crippen LogP contribution in [-0.2, 0) is 4.79 Å². The molecule has 0 spiro atoms. The van der Waals surface area contributed by atoms with Gasteiger partial charge in [-0.1, -0.05) is 50.1 Å². The van der Waals surface area contributed by atoms with E-state index in [1.165, 1.54) is 51.4 Å². The number of hydrogen-bond donors (Lipinski definition) is 1. The summed E-state index contributed by atoms with van der Waals surface area (Å²) in [5, 5.41) is 13.5. The largest absolute Gasteiger partial charge is 0.481 e. The molecule has 30 heavy (non-hydrogen) atoms. The fourth-order valence-electron chi connectivity index (χ4n) is 4.82. The SMILES string of the molecule is O=C(O)CC(CCCC1CCCCC1)c1nc(-c2ccc(N3CCCC3)nc2)no1. The van der Waals surface area contributed by atoms with Gasteiger partial charge < -0.3 is 14.5 Å². The molecule has 2 aromatic heterocycles. The quantitative estimate of drug-likeness (QED) is 0.617. The standard InChI is InChI=1S/C23H32N4O3/c28-21(29)15-18(10-6-9-17-7-2-1-3-8-17)23-25-22(26-30-23)19-11-12-20(24-16-19)27-13-4-5-14-27/h11-12,16-18H,1-10,13-15H2,(H,28,29). The molecule has 7 nitrogen and oxygen atoms in total. The van der Waals surface area contributed by atoms with Crippen molar-refractivity contribution in [1.82, 2.24) is 15.1 Å². The van der Waals surface area contributed by atoms with Crippen LogP contribution in [0.2, 0.25) is 0 Å². The third-order valence-electron chi connectivity index (χ3n) is 6.54. The van der Waals surface area contributed by atoms with Crippen LogP contribution in [-0.4, -0.2) is 39.3 Å². The van der Waals surface area contributed by atoms with E-state index in [0.717, 1.165) is 43.2 Å². The van der Waals surface area contributed by atoms with Crippen molar-refractivity contribution in [1.29, 1.82) is 0 Å². The number of carbonyl (C=O) groups is 1. The average Bonchev–Trinajstić information content (AvgIpc) is 3.46. The lowest BCUT2D eigenvalue weighted by Gasteiger charge is -2.21. The molecule has 1 saturated carbocycles. The second-order valence-corrected chi connectivity index (χ2v) is 8.79. The highest BCUT2D eigenvalue weighted by atomic mass is 16.5. The number of aromatic nitrogens is 3. The van der Waals surface area contributed by atoms with Gasteiger partial charge in [0, 0.05) is 30.8 Å². The van der Waals surface area contributed by atoms with Crippen LogP contribution in [0.5, 0.6) is 0 Å². The van der Waals surface area contributed by atoms with Crippen molar-refractivity contribution in [3.63, 3.8) is 0 Å². The van der Waals surface area contributed by atoms with Crippen molar-refractivity contribution in [3.05, 3.63) is 24.2 Å². The number of anilines is 1. The van der Waals surface area contributed by atoms with Crippen molar-refractivity contribution in [2.75, 3.05) is 18.0 Å². The Balaban J connectivity index is 1.38. The van der Waals surface area contributed by atoms with E-state index in [0.29, 0.717) is 11.7 Å². The van der Waals surface area contributed by atoms with Gasteiger partial charge in [0.25, 0.3) is 0 Å². The molecule has 3 heterocycles. The molecule has 0 amide bonds. The maximum Gasteiger partial charge on any atom is 0.304 e.